The van der Waals surface area contributed by atoms with Crippen molar-refractivity contribution >= 4 is 11.6 Å². The van der Waals surface area contributed by atoms with Crippen molar-refractivity contribution < 1.29 is 4.79 Å². The van der Waals surface area contributed by atoms with Gasteiger partial charge in [-0.05, 0) is 37.1 Å². The summed E-state index contributed by atoms with van der Waals surface area (Å²) in [6, 6.07) is 11.3. The first kappa shape index (κ1) is 13.9. The molecule has 0 bridgehead atoms. The van der Waals surface area contributed by atoms with E-state index in [9.17, 15) is 4.79 Å². The Morgan fingerprint density at radius 3 is 2.65 bits per heavy atom. The van der Waals surface area contributed by atoms with Gasteiger partial charge in [0.15, 0.2) is 5.65 Å². The number of aromatic nitrogens is 4. The van der Waals surface area contributed by atoms with Crippen LogP contribution in [0.1, 0.15) is 35.1 Å². The summed E-state index contributed by atoms with van der Waals surface area (Å²) in [5, 5.41) is 8.56. The average molecular weight is 307 g/mol. The normalized spacial score (nSPS) is 15.9. The third-order valence-corrected chi connectivity index (χ3v) is 4.37. The van der Waals surface area contributed by atoms with Crippen LogP contribution in [0.5, 0.6) is 0 Å². The maximum atomic E-state index is 12.4. The third-order valence-electron chi connectivity index (χ3n) is 4.37. The fourth-order valence-corrected chi connectivity index (χ4v) is 3.13. The minimum Gasteiger partial charge on any atom is -0.337 e. The van der Waals surface area contributed by atoms with Crippen LogP contribution in [0, 0.1) is 0 Å². The first-order valence-electron chi connectivity index (χ1n) is 7.83. The minimum atomic E-state index is 0.00940. The maximum absolute atomic E-state index is 12.4. The number of likely N-dealkylation sites (tertiary alicyclic amines) is 1. The van der Waals surface area contributed by atoms with Gasteiger partial charge in [-0.15, -0.1) is 10.2 Å². The molecule has 1 saturated heterocycles. The monoisotopic (exact) mass is 307 g/mol. The van der Waals surface area contributed by atoms with Crippen LogP contribution in [0.15, 0.2) is 48.8 Å². The fraction of sp³-hybridized carbons (Fsp3) is 0.294. The summed E-state index contributed by atoms with van der Waals surface area (Å²) >= 11 is 0. The summed E-state index contributed by atoms with van der Waals surface area (Å²) in [6.07, 6.45) is 5.45. The van der Waals surface area contributed by atoms with E-state index in [0.717, 1.165) is 37.4 Å². The van der Waals surface area contributed by atoms with Gasteiger partial charge in [0, 0.05) is 31.4 Å². The lowest BCUT2D eigenvalue weighted by molar-refractivity contribution is 0.0705. The Hall–Kier alpha value is -2.76. The van der Waals surface area contributed by atoms with E-state index >= 15 is 0 Å². The number of rotatable bonds is 2. The van der Waals surface area contributed by atoms with E-state index in [2.05, 4.69) is 15.2 Å². The first-order chi connectivity index (χ1) is 11.3. The van der Waals surface area contributed by atoms with E-state index in [4.69, 9.17) is 0 Å². The quantitative estimate of drug-likeness (QED) is 0.727. The molecule has 0 radical (unpaired) electrons. The number of amides is 1. The van der Waals surface area contributed by atoms with Crippen molar-refractivity contribution in [2.45, 2.75) is 18.8 Å². The molecule has 3 aromatic rings. The lowest BCUT2D eigenvalue weighted by atomic mass is 9.95. The minimum absolute atomic E-state index is 0.00940. The van der Waals surface area contributed by atoms with Crippen LogP contribution in [0.3, 0.4) is 0 Å². The van der Waals surface area contributed by atoms with Gasteiger partial charge in [-0.1, -0.05) is 12.1 Å². The van der Waals surface area contributed by atoms with Crippen LogP contribution >= 0.6 is 0 Å². The van der Waals surface area contributed by atoms with Crippen molar-refractivity contribution in [2.75, 3.05) is 13.1 Å². The summed E-state index contributed by atoms with van der Waals surface area (Å²) in [5.74, 6) is 1.33. The molecule has 4 heterocycles. The van der Waals surface area contributed by atoms with Crippen molar-refractivity contribution in [3.63, 3.8) is 0 Å². The number of carbonyl (C=O) groups is 1. The number of pyridine rings is 2. The molecule has 0 aromatic carbocycles. The topological polar surface area (TPSA) is 63.4 Å². The molecular weight excluding hydrogens is 290 g/mol. The molecule has 0 saturated carbocycles. The standard InChI is InChI=1S/C17H17N5O/c23-17(14-5-1-3-9-18-14)21-11-7-13(8-12-21)16-20-19-15-6-2-4-10-22(15)16/h1-6,9-10,13H,7-8,11-12H2. The summed E-state index contributed by atoms with van der Waals surface area (Å²) in [5.41, 5.74) is 1.38. The SMILES string of the molecule is O=C(c1ccccn1)N1CCC(c2nnc3ccccn23)CC1. The fourth-order valence-electron chi connectivity index (χ4n) is 3.13. The van der Waals surface area contributed by atoms with Gasteiger partial charge in [0.1, 0.15) is 11.5 Å². The Bertz CT molecular complexity index is 821. The molecule has 3 aromatic heterocycles. The maximum Gasteiger partial charge on any atom is 0.272 e. The lowest BCUT2D eigenvalue weighted by Gasteiger charge is -2.31. The Morgan fingerprint density at radius 2 is 1.87 bits per heavy atom. The molecule has 1 aliphatic rings. The van der Waals surface area contributed by atoms with Crippen LogP contribution in [0.4, 0.5) is 0 Å². The van der Waals surface area contributed by atoms with Crippen LogP contribution in [-0.2, 0) is 0 Å². The summed E-state index contributed by atoms with van der Waals surface area (Å²) in [6.45, 7) is 1.45. The second-order valence-electron chi connectivity index (χ2n) is 5.77. The molecule has 6 nitrogen and oxygen atoms in total. The molecule has 116 valence electrons. The van der Waals surface area contributed by atoms with Crippen molar-refractivity contribution in [3.05, 3.63) is 60.3 Å². The van der Waals surface area contributed by atoms with Gasteiger partial charge in [-0.25, -0.2) is 0 Å². The predicted molar refractivity (Wildman–Crippen MR) is 85.1 cm³/mol. The van der Waals surface area contributed by atoms with Crippen molar-refractivity contribution in [1.82, 2.24) is 24.5 Å². The van der Waals surface area contributed by atoms with Gasteiger partial charge in [-0.3, -0.25) is 14.2 Å². The zero-order chi connectivity index (χ0) is 15.6. The van der Waals surface area contributed by atoms with Crippen LogP contribution in [0.25, 0.3) is 5.65 Å². The molecular formula is C17H17N5O. The zero-order valence-corrected chi connectivity index (χ0v) is 12.7. The lowest BCUT2D eigenvalue weighted by Crippen LogP contribution is -2.38. The van der Waals surface area contributed by atoms with Crippen molar-refractivity contribution in [1.29, 1.82) is 0 Å². The molecule has 1 aliphatic heterocycles. The number of nitrogens with zero attached hydrogens (tertiary/aromatic N) is 5. The number of piperidine rings is 1. The second kappa shape index (κ2) is 5.79. The van der Waals surface area contributed by atoms with E-state index in [1.165, 1.54) is 0 Å². The summed E-state index contributed by atoms with van der Waals surface area (Å²) in [7, 11) is 0. The van der Waals surface area contributed by atoms with Crippen molar-refractivity contribution in [2.24, 2.45) is 0 Å². The Morgan fingerprint density at radius 1 is 1.04 bits per heavy atom. The molecule has 6 heteroatoms. The largest absolute Gasteiger partial charge is 0.337 e. The van der Waals surface area contributed by atoms with Gasteiger partial charge in [0.2, 0.25) is 0 Å². The van der Waals surface area contributed by atoms with Gasteiger partial charge >= 0.3 is 0 Å². The highest BCUT2D eigenvalue weighted by Gasteiger charge is 2.27. The van der Waals surface area contributed by atoms with Gasteiger partial charge in [0.05, 0.1) is 0 Å². The average Bonchev–Trinajstić information content (AvgIpc) is 3.06. The van der Waals surface area contributed by atoms with E-state index in [1.54, 1.807) is 12.3 Å². The summed E-state index contributed by atoms with van der Waals surface area (Å²) < 4.78 is 2.04. The van der Waals surface area contributed by atoms with Gasteiger partial charge < -0.3 is 4.90 Å². The van der Waals surface area contributed by atoms with E-state index in [-0.39, 0.29) is 5.91 Å². The highest BCUT2D eigenvalue weighted by atomic mass is 16.2. The molecule has 0 atom stereocenters. The smallest absolute Gasteiger partial charge is 0.272 e. The first-order valence-corrected chi connectivity index (χ1v) is 7.83. The number of hydrogen-bond donors (Lipinski definition) is 0. The highest BCUT2D eigenvalue weighted by Crippen LogP contribution is 2.27. The Balaban J connectivity index is 1.48. The molecule has 1 amide bonds. The molecule has 1 fully saturated rings. The Labute approximate surface area is 133 Å². The number of hydrogen-bond acceptors (Lipinski definition) is 4. The molecule has 0 N–H and O–H groups in total. The Kier molecular flexibility index (Phi) is 3.49. The third kappa shape index (κ3) is 2.56. The zero-order valence-electron chi connectivity index (χ0n) is 12.7. The number of fused-ring (bicyclic) bond motifs is 1. The van der Waals surface area contributed by atoms with Crippen LogP contribution < -0.4 is 0 Å². The van der Waals surface area contributed by atoms with Crippen molar-refractivity contribution in [3.8, 4) is 0 Å². The van der Waals surface area contributed by atoms with E-state index in [1.807, 2.05) is 45.8 Å². The molecule has 0 unspecified atom stereocenters. The van der Waals surface area contributed by atoms with E-state index < -0.39 is 0 Å². The molecule has 23 heavy (non-hydrogen) atoms. The molecule has 0 aliphatic carbocycles. The van der Waals surface area contributed by atoms with Gasteiger partial charge in [-0.2, -0.15) is 0 Å². The number of carbonyl (C=O) groups excluding carboxylic acids is 1. The molecule has 4 rings (SSSR count). The van der Waals surface area contributed by atoms with Crippen LogP contribution in [-0.4, -0.2) is 43.5 Å². The van der Waals surface area contributed by atoms with E-state index in [0.29, 0.717) is 11.6 Å². The van der Waals surface area contributed by atoms with Crippen LogP contribution in [0.2, 0.25) is 0 Å². The molecule has 0 spiro atoms. The van der Waals surface area contributed by atoms with Gasteiger partial charge in [0.25, 0.3) is 5.91 Å². The highest BCUT2D eigenvalue weighted by molar-refractivity contribution is 5.92. The predicted octanol–water partition coefficient (Wildman–Crippen LogP) is 2.14. The second-order valence-corrected chi connectivity index (χ2v) is 5.77. The summed E-state index contributed by atoms with van der Waals surface area (Å²) in [4.78, 5) is 18.5.